The van der Waals surface area contributed by atoms with E-state index in [2.05, 4.69) is 51.0 Å². The van der Waals surface area contributed by atoms with Crippen LogP contribution < -0.4 is 4.90 Å². The highest BCUT2D eigenvalue weighted by Crippen LogP contribution is 2.36. The number of unbranched alkanes of at least 4 members (excludes halogenated alkanes) is 6. The van der Waals surface area contributed by atoms with Gasteiger partial charge in [-0.1, -0.05) is 110 Å². The molecule has 0 radical (unpaired) electrons. The third kappa shape index (κ3) is 14.5. The van der Waals surface area contributed by atoms with Crippen molar-refractivity contribution in [2.45, 2.75) is 133 Å². The first-order valence-electron chi connectivity index (χ1n) is 25.0. The van der Waals surface area contributed by atoms with Gasteiger partial charge in [0.15, 0.2) is 0 Å². The van der Waals surface area contributed by atoms with Crippen LogP contribution in [0.25, 0.3) is 5.57 Å². The number of nitrogens with zero attached hydrogens (tertiary/aromatic N) is 4. The number of allylic oxidation sites excluding steroid dienone is 5. The van der Waals surface area contributed by atoms with Gasteiger partial charge in [0.1, 0.15) is 16.7 Å². The summed E-state index contributed by atoms with van der Waals surface area (Å²) in [5, 5.41) is 0. The molecule has 0 heterocycles. The Kier molecular flexibility index (Phi) is 21.2. The van der Waals surface area contributed by atoms with Crippen molar-refractivity contribution in [1.29, 1.82) is 0 Å². The minimum absolute atomic E-state index is 0.269. The average Bonchev–Trinajstić information content (AvgIpc) is 3.35. The van der Waals surface area contributed by atoms with Gasteiger partial charge in [-0.3, -0.25) is 0 Å². The standard InChI is InChI=1S/C55H74N4O7S3/c1-7-13-39-56(40-14-8-2)67(60,61)51-35-31-49(32-36-51)58(43-17-11-5)47-27-23-45(24-28-47)55(53-21-19-20-22-54(53)69(64,65)66)46-25-29-48(30-26-46)59(44-18-12-6)50-33-37-52(38-34-50)68(62,63)57(41-15-9-3)42-16-10-4/h19-38H,7-18,39-44H2,1-6H3. The van der Waals surface area contributed by atoms with Gasteiger partial charge in [-0.15, -0.1) is 0 Å². The summed E-state index contributed by atoms with van der Waals surface area (Å²) in [5.41, 5.74) is 5.68. The zero-order valence-corrected chi connectivity index (χ0v) is 44.1. The number of anilines is 2. The maximum absolute atomic E-state index is 13.8. The molecule has 1 aliphatic rings. The molecule has 0 spiro atoms. The smallest absolute Gasteiger partial charge is 0.243 e. The Morgan fingerprint density at radius 2 is 0.913 bits per heavy atom. The summed E-state index contributed by atoms with van der Waals surface area (Å²) in [6, 6.07) is 28.3. The Morgan fingerprint density at radius 1 is 0.493 bits per heavy atom. The van der Waals surface area contributed by atoms with Gasteiger partial charge < -0.3 is 9.45 Å². The maximum atomic E-state index is 13.8. The van der Waals surface area contributed by atoms with Crippen LogP contribution in [0.3, 0.4) is 0 Å². The second kappa shape index (κ2) is 26.5. The average molecular weight is 999 g/mol. The topological polar surface area (TPSA) is 138 Å². The van der Waals surface area contributed by atoms with Crippen LogP contribution >= 0.6 is 0 Å². The van der Waals surface area contributed by atoms with Crippen molar-refractivity contribution in [3.8, 4) is 0 Å². The predicted octanol–water partition coefficient (Wildman–Crippen LogP) is 12.2. The summed E-state index contributed by atoms with van der Waals surface area (Å²) >= 11 is 0. The molecule has 69 heavy (non-hydrogen) atoms. The fourth-order valence-corrected chi connectivity index (χ4v) is 12.1. The third-order valence-corrected chi connectivity index (χ3v) is 17.2. The van der Waals surface area contributed by atoms with Crippen molar-refractivity contribution >= 4 is 58.5 Å². The first kappa shape index (κ1) is 55.2. The fraction of sp³-hybridized carbons (Fsp3) is 0.436. The van der Waals surface area contributed by atoms with E-state index in [1.165, 1.54) is 6.07 Å². The number of sulfonamides is 2. The van der Waals surface area contributed by atoms with Crippen LogP contribution in [0.4, 0.5) is 17.1 Å². The lowest BCUT2D eigenvalue weighted by Crippen LogP contribution is -2.33. The van der Waals surface area contributed by atoms with Crippen molar-refractivity contribution < 1.29 is 34.4 Å². The largest absolute Gasteiger partial charge is 0.744 e. The van der Waals surface area contributed by atoms with Crippen LogP contribution in [0.1, 0.15) is 130 Å². The summed E-state index contributed by atoms with van der Waals surface area (Å²) in [4.78, 5) is 2.37. The van der Waals surface area contributed by atoms with Crippen molar-refractivity contribution in [1.82, 2.24) is 8.61 Å². The van der Waals surface area contributed by atoms with Gasteiger partial charge >= 0.3 is 0 Å². The molecule has 0 atom stereocenters. The molecule has 0 saturated heterocycles. The molecule has 0 aromatic heterocycles. The molecule has 0 aliphatic heterocycles. The molecule has 4 aromatic carbocycles. The molecule has 0 fully saturated rings. The fourth-order valence-electron chi connectivity index (χ4n) is 8.37. The van der Waals surface area contributed by atoms with Crippen LogP contribution in [0.5, 0.6) is 0 Å². The maximum Gasteiger partial charge on any atom is 0.243 e. The van der Waals surface area contributed by atoms with Crippen LogP contribution in [0, 0.1) is 0 Å². The van der Waals surface area contributed by atoms with Crippen molar-refractivity contribution in [3.05, 3.63) is 138 Å². The molecule has 0 saturated carbocycles. The molecule has 11 nitrogen and oxygen atoms in total. The summed E-state index contributed by atoms with van der Waals surface area (Å²) in [7, 11) is -12.2. The second-order valence-corrected chi connectivity index (χ2v) is 22.9. The normalized spacial score (nSPS) is 13.2. The van der Waals surface area contributed by atoms with E-state index in [4.69, 9.17) is 0 Å². The molecule has 0 amide bonds. The monoisotopic (exact) mass is 998 g/mol. The van der Waals surface area contributed by atoms with Gasteiger partial charge in [0, 0.05) is 80.4 Å². The molecule has 5 rings (SSSR count). The summed E-state index contributed by atoms with van der Waals surface area (Å²) < 4.78 is 98.9. The van der Waals surface area contributed by atoms with Crippen molar-refractivity contribution in [3.63, 3.8) is 0 Å². The van der Waals surface area contributed by atoms with Gasteiger partial charge in [0.2, 0.25) is 31.4 Å². The van der Waals surface area contributed by atoms with Crippen LogP contribution in [0.2, 0.25) is 0 Å². The van der Waals surface area contributed by atoms with Gasteiger partial charge in [-0.25, -0.2) is 25.3 Å². The van der Waals surface area contributed by atoms with Gasteiger partial charge in [0.25, 0.3) is 0 Å². The lowest BCUT2D eigenvalue weighted by molar-refractivity contribution is -0.439. The van der Waals surface area contributed by atoms with E-state index >= 15 is 0 Å². The van der Waals surface area contributed by atoms with E-state index in [9.17, 15) is 29.8 Å². The van der Waals surface area contributed by atoms with Crippen LogP contribution in [0.15, 0.2) is 142 Å². The zero-order valence-electron chi connectivity index (χ0n) is 41.6. The Hall–Kier alpha value is -4.70. The van der Waals surface area contributed by atoms with E-state index in [1.807, 2.05) is 72.8 Å². The first-order valence-corrected chi connectivity index (χ1v) is 29.3. The van der Waals surface area contributed by atoms with Crippen LogP contribution in [-0.2, 0) is 30.2 Å². The lowest BCUT2D eigenvalue weighted by Gasteiger charge is -2.26. The van der Waals surface area contributed by atoms with Gasteiger partial charge in [-0.2, -0.15) is 13.2 Å². The third-order valence-electron chi connectivity index (χ3n) is 12.4. The quantitative estimate of drug-likeness (QED) is 0.0405. The van der Waals surface area contributed by atoms with E-state index in [1.54, 1.807) is 51.1 Å². The number of benzene rings is 4. The first-order chi connectivity index (χ1) is 33.2. The summed E-state index contributed by atoms with van der Waals surface area (Å²) in [5.74, 6) is 0. The molecular formula is C55H74N4O7S3. The minimum atomic E-state index is -4.87. The molecule has 4 aromatic rings. The number of hydrogen-bond acceptors (Lipinski definition) is 8. The Balaban J connectivity index is 1.55. The van der Waals surface area contributed by atoms with E-state index < -0.39 is 30.2 Å². The second-order valence-electron chi connectivity index (χ2n) is 17.6. The zero-order chi connectivity index (χ0) is 50.0. The predicted molar refractivity (Wildman–Crippen MR) is 282 cm³/mol. The van der Waals surface area contributed by atoms with Gasteiger partial charge in [0.05, 0.1) is 14.7 Å². The van der Waals surface area contributed by atoms with E-state index in [0.29, 0.717) is 56.0 Å². The molecule has 1 aliphatic carbocycles. The SMILES string of the molecule is CCCCN(c1ccc(C(=C2C=CC(=[N+](CCCC)c3ccc(S(=O)(=O)N(CCCC)CCCC)cc3)C=C2)c2ccccc2S(=O)(=O)[O-])cc1)c1ccc(S(=O)(=O)N(CCCC)CCCC)cc1. The molecular weight excluding hydrogens is 925 g/mol. The molecule has 0 unspecified atom stereocenters. The van der Waals surface area contributed by atoms with E-state index in [0.717, 1.165) is 99.8 Å². The lowest BCUT2D eigenvalue weighted by atomic mass is 9.90. The van der Waals surface area contributed by atoms with Crippen molar-refractivity contribution in [2.75, 3.05) is 44.2 Å². The number of rotatable bonds is 28. The van der Waals surface area contributed by atoms with Crippen LogP contribution in [-0.4, -0.2) is 88.0 Å². The molecule has 0 N–H and O–H groups in total. The summed E-state index contributed by atoms with van der Waals surface area (Å²) in [6.07, 6.45) is 18.3. The Labute approximate surface area is 414 Å². The highest BCUT2D eigenvalue weighted by molar-refractivity contribution is 7.89. The molecule has 14 heteroatoms. The molecule has 0 bridgehead atoms. The van der Waals surface area contributed by atoms with Gasteiger partial charge in [-0.05, 0) is 116 Å². The Morgan fingerprint density at radius 3 is 1.36 bits per heavy atom. The Bertz CT molecular complexity index is 2710. The highest BCUT2D eigenvalue weighted by atomic mass is 32.2. The molecule has 374 valence electrons. The minimum Gasteiger partial charge on any atom is -0.744 e. The highest BCUT2D eigenvalue weighted by Gasteiger charge is 2.27. The number of hydrogen-bond donors (Lipinski definition) is 0. The van der Waals surface area contributed by atoms with Crippen molar-refractivity contribution in [2.24, 2.45) is 0 Å². The van der Waals surface area contributed by atoms with E-state index in [-0.39, 0.29) is 20.2 Å². The summed E-state index contributed by atoms with van der Waals surface area (Å²) in [6.45, 7) is 15.8.